The molecule has 1 aliphatic rings. The number of ether oxygens (including phenoxy) is 1. The van der Waals surface area contributed by atoms with Gasteiger partial charge in [-0.05, 0) is 45.4 Å². The van der Waals surface area contributed by atoms with E-state index in [2.05, 4.69) is 12.2 Å². The Morgan fingerprint density at radius 2 is 1.95 bits per heavy atom. The molecule has 5 heteroatoms. The van der Waals surface area contributed by atoms with Crippen molar-refractivity contribution in [3.63, 3.8) is 0 Å². The van der Waals surface area contributed by atoms with Gasteiger partial charge in [-0.2, -0.15) is 0 Å². The van der Waals surface area contributed by atoms with Crippen molar-refractivity contribution in [2.75, 3.05) is 13.1 Å². The van der Waals surface area contributed by atoms with Crippen LogP contribution in [0.25, 0.3) is 0 Å². The molecular weight excluding hydrogens is 288 g/mol. The van der Waals surface area contributed by atoms with Crippen molar-refractivity contribution in [1.82, 2.24) is 10.2 Å². The number of nitrogens with one attached hydrogen (secondary N) is 1. The molecule has 0 radical (unpaired) electrons. The van der Waals surface area contributed by atoms with Crippen LogP contribution in [0.3, 0.4) is 0 Å². The van der Waals surface area contributed by atoms with Crippen molar-refractivity contribution in [3.05, 3.63) is 34.9 Å². The summed E-state index contributed by atoms with van der Waals surface area (Å²) < 4.78 is 5.53. The number of benzene rings is 1. The SMILES string of the molecule is C[C@@H]1CN(C(=O)OC(C)(C)C)[C@H](c2ccc(Cl)cc2)CN1. The third kappa shape index (κ3) is 4.35. The van der Waals surface area contributed by atoms with Crippen LogP contribution in [0.1, 0.15) is 39.3 Å². The van der Waals surface area contributed by atoms with Crippen molar-refractivity contribution in [1.29, 1.82) is 0 Å². The molecule has 0 unspecified atom stereocenters. The number of hydrogen-bond acceptors (Lipinski definition) is 3. The molecule has 0 spiro atoms. The van der Waals surface area contributed by atoms with E-state index in [9.17, 15) is 4.79 Å². The van der Waals surface area contributed by atoms with Gasteiger partial charge in [0.1, 0.15) is 5.60 Å². The molecule has 2 atom stereocenters. The number of carbonyl (C=O) groups is 1. The first kappa shape index (κ1) is 16.1. The van der Waals surface area contributed by atoms with Gasteiger partial charge < -0.3 is 10.1 Å². The second-order valence-corrected chi connectivity index (χ2v) is 6.95. The number of nitrogens with zero attached hydrogens (tertiary/aromatic N) is 1. The zero-order valence-electron chi connectivity index (χ0n) is 13.0. The van der Waals surface area contributed by atoms with E-state index in [1.807, 2.05) is 45.0 Å². The number of hydrogen-bond donors (Lipinski definition) is 1. The number of rotatable bonds is 1. The predicted molar refractivity (Wildman–Crippen MR) is 84.6 cm³/mol. The van der Waals surface area contributed by atoms with Crippen molar-refractivity contribution in [3.8, 4) is 0 Å². The lowest BCUT2D eigenvalue weighted by Crippen LogP contribution is -2.54. The molecule has 1 aromatic rings. The van der Waals surface area contributed by atoms with E-state index in [1.165, 1.54) is 0 Å². The first-order valence-electron chi connectivity index (χ1n) is 7.25. The average Bonchev–Trinajstić information content (AvgIpc) is 2.38. The first-order valence-corrected chi connectivity index (χ1v) is 7.62. The zero-order chi connectivity index (χ0) is 15.6. The monoisotopic (exact) mass is 310 g/mol. The van der Waals surface area contributed by atoms with Gasteiger partial charge in [0.05, 0.1) is 6.04 Å². The maximum atomic E-state index is 12.5. The summed E-state index contributed by atoms with van der Waals surface area (Å²) in [5.41, 5.74) is 0.570. The zero-order valence-corrected chi connectivity index (χ0v) is 13.8. The lowest BCUT2D eigenvalue weighted by Gasteiger charge is -2.40. The number of carbonyl (C=O) groups excluding carboxylic acids is 1. The van der Waals surface area contributed by atoms with Crippen LogP contribution >= 0.6 is 11.6 Å². The minimum atomic E-state index is -0.490. The molecule has 116 valence electrons. The van der Waals surface area contributed by atoms with Crippen molar-refractivity contribution in [2.45, 2.75) is 45.4 Å². The molecule has 4 nitrogen and oxygen atoms in total. The van der Waals surface area contributed by atoms with E-state index in [0.717, 1.165) is 5.56 Å². The molecule has 0 aliphatic carbocycles. The van der Waals surface area contributed by atoms with Crippen LogP contribution in [-0.2, 0) is 4.74 Å². The fourth-order valence-electron chi connectivity index (χ4n) is 2.41. The van der Waals surface area contributed by atoms with E-state index in [0.29, 0.717) is 18.1 Å². The topological polar surface area (TPSA) is 41.6 Å². The minimum absolute atomic E-state index is 0.0340. The van der Waals surface area contributed by atoms with Gasteiger partial charge in [0.15, 0.2) is 0 Å². The summed E-state index contributed by atoms with van der Waals surface area (Å²) in [5.74, 6) is 0. The molecular formula is C16H23ClN2O2. The van der Waals surface area contributed by atoms with Crippen LogP contribution in [0.15, 0.2) is 24.3 Å². The molecule has 1 heterocycles. The quantitative estimate of drug-likeness (QED) is 0.861. The molecule has 2 rings (SSSR count). The largest absolute Gasteiger partial charge is 0.444 e. The summed E-state index contributed by atoms with van der Waals surface area (Å²) in [6.45, 7) is 9.05. The highest BCUT2D eigenvalue weighted by Gasteiger charge is 2.33. The lowest BCUT2D eigenvalue weighted by molar-refractivity contribution is 0.00787. The first-order chi connectivity index (χ1) is 9.76. The molecule has 1 aliphatic heterocycles. The van der Waals surface area contributed by atoms with E-state index < -0.39 is 5.60 Å². The summed E-state index contributed by atoms with van der Waals surface area (Å²) in [5, 5.41) is 4.10. The second-order valence-electron chi connectivity index (χ2n) is 6.51. The highest BCUT2D eigenvalue weighted by Crippen LogP contribution is 2.26. The Labute approximate surface area is 131 Å². The van der Waals surface area contributed by atoms with Crippen molar-refractivity contribution in [2.24, 2.45) is 0 Å². The van der Waals surface area contributed by atoms with Crippen molar-refractivity contribution >= 4 is 17.7 Å². The van der Waals surface area contributed by atoms with Crippen molar-refractivity contribution < 1.29 is 9.53 Å². The summed E-state index contributed by atoms with van der Waals surface area (Å²) in [7, 11) is 0. The second kappa shape index (κ2) is 6.24. The Hall–Kier alpha value is -1.26. The van der Waals surface area contributed by atoms with Gasteiger partial charge in [0.25, 0.3) is 0 Å². The number of amides is 1. The average molecular weight is 311 g/mol. The Morgan fingerprint density at radius 1 is 1.33 bits per heavy atom. The van der Waals surface area contributed by atoms with Crippen LogP contribution in [0.4, 0.5) is 4.79 Å². The van der Waals surface area contributed by atoms with Gasteiger partial charge in [-0.15, -0.1) is 0 Å². The van der Waals surface area contributed by atoms with Gasteiger partial charge in [-0.3, -0.25) is 4.90 Å². The lowest BCUT2D eigenvalue weighted by atomic mass is 10.0. The molecule has 0 aromatic heterocycles. The van der Waals surface area contributed by atoms with Gasteiger partial charge in [-0.1, -0.05) is 23.7 Å². The van der Waals surface area contributed by atoms with E-state index >= 15 is 0 Å². The van der Waals surface area contributed by atoms with Crippen LogP contribution in [0.5, 0.6) is 0 Å². The van der Waals surface area contributed by atoms with E-state index in [-0.39, 0.29) is 18.2 Å². The maximum absolute atomic E-state index is 12.5. The highest BCUT2D eigenvalue weighted by atomic mass is 35.5. The predicted octanol–water partition coefficient (Wildman–Crippen LogP) is 3.61. The number of piperazine rings is 1. The summed E-state index contributed by atoms with van der Waals surface area (Å²) >= 11 is 5.94. The van der Waals surface area contributed by atoms with Crippen LogP contribution in [0.2, 0.25) is 5.02 Å². The molecule has 0 saturated carbocycles. The van der Waals surface area contributed by atoms with Gasteiger partial charge in [0.2, 0.25) is 0 Å². The number of halogens is 1. The van der Waals surface area contributed by atoms with Gasteiger partial charge >= 0.3 is 6.09 Å². The minimum Gasteiger partial charge on any atom is -0.444 e. The standard InChI is InChI=1S/C16H23ClN2O2/c1-11-10-19(15(20)21-16(2,3)4)14(9-18-11)12-5-7-13(17)8-6-12/h5-8,11,14,18H,9-10H2,1-4H3/t11-,14+/m1/s1. The molecule has 21 heavy (non-hydrogen) atoms. The summed E-state index contributed by atoms with van der Waals surface area (Å²) in [6, 6.07) is 7.84. The van der Waals surface area contributed by atoms with E-state index in [1.54, 1.807) is 4.90 Å². The third-order valence-electron chi connectivity index (χ3n) is 3.39. The molecule has 1 amide bonds. The van der Waals surface area contributed by atoms with Gasteiger partial charge in [0, 0.05) is 24.2 Å². The Morgan fingerprint density at radius 3 is 2.52 bits per heavy atom. The molecule has 1 saturated heterocycles. The maximum Gasteiger partial charge on any atom is 0.410 e. The van der Waals surface area contributed by atoms with Gasteiger partial charge in [-0.25, -0.2) is 4.79 Å². The Balaban J connectivity index is 2.21. The molecule has 1 N–H and O–H groups in total. The Bertz CT molecular complexity index is 496. The van der Waals surface area contributed by atoms with Crippen LogP contribution in [-0.4, -0.2) is 35.7 Å². The Kier molecular flexibility index (Phi) is 4.79. The smallest absolute Gasteiger partial charge is 0.410 e. The molecule has 1 fully saturated rings. The molecule has 0 bridgehead atoms. The third-order valence-corrected chi connectivity index (χ3v) is 3.64. The fraction of sp³-hybridized carbons (Fsp3) is 0.562. The summed E-state index contributed by atoms with van der Waals surface area (Å²) in [6.07, 6.45) is -0.268. The summed E-state index contributed by atoms with van der Waals surface area (Å²) in [4.78, 5) is 14.3. The van der Waals surface area contributed by atoms with Crippen LogP contribution < -0.4 is 5.32 Å². The highest BCUT2D eigenvalue weighted by molar-refractivity contribution is 6.30. The normalized spacial score (nSPS) is 23.0. The van der Waals surface area contributed by atoms with Crippen LogP contribution in [0, 0.1) is 0 Å². The molecule has 1 aromatic carbocycles. The fourth-order valence-corrected chi connectivity index (χ4v) is 2.54. The van der Waals surface area contributed by atoms with E-state index in [4.69, 9.17) is 16.3 Å².